The normalized spacial score (nSPS) is 11.9. The number of nitrogens with one attached hydrogen (secondary N) is 1. The molecule has 1 aromatic heterocycles. The van der Waals surface area contributed by atoms with Gasteiger partial charge in [0.1, 0.15) is 5.76 Å². The van der Waals surface area contributed by atoms with E-state index in [0.717, 1.165) is 11.1 Å². The molecule has 4 heteroatoms. The lowest BCUT2D eigenvalue weighted by Crippen LogP contribution is -2.26. The fraction of sp³-hybridized carbons (Fsp3) is 0.105. The molecular formula is C19H16ClNO2. The van der Waals surface area contributed by atoms with Crippen molar-refractivity contribution in [1.82, 2.24) is 5.32 Å². The number of halogens is 1. The molecule has 1 heterocycles. The first-order chi connectivity index (χ1) is 11.1. The average Bonchev–Trinajstić information content (AvgIpc) is 3.06. The van der Waals surface area contributed by atoms with Crippen LogP contribution in [-0.2, 0) is 0 Å². The zero-order valence-corrected chi connectivity index (χ0v) is 13.4. The van der Waals surface area contributed by atoms with Gasteiger partial charge in [0.25, 0.3) is 5.91 Å². The molecule has 0 aliphatic carbocycles. The van der Waals surface area contributed by atoms with Crippen LogP contribution in [0.1, 0.15) is 29.1 Å². The molecule has 0 aliphatic rings. The lowest BCUT2D eigenvalue weighted by atomic mass is 10.1. The summed E-state index contributed by atoms with van der Waals surface area (Å²) in [4.78, 5) is 12.3. The molecule has 1 N–H and O–H groups in total. The zero-order valence-electron chi connectivity index (χ0n) is 12.6. The molecule has 3 nitrogen and oxygen atoms in total. The number of benzene rings is 2. The summed E-state index contributed by atoms with van der Waals surface area (Å²) in [7, 11) is 0. The predicted molar refractivity (Wildman–Crippen MR) is 91.5 cm³/mol. The first kappa shape index (κ1) is 15.4. The Balaban J connectivity index is 1.75. The molecule has 0 spiro atoms. The molecule has 116 valence electrons. The van der Waals surface area contributed by atoms with Gasteiger partial charge in [-0.2, -0.15) is 0 Å². The van der Waals surface area contributed by atoms with Crippen LogP contribution in [0.3, 0.4) is 0 Å². The van der Waals surface area contributed by atoms with Crippen molar-refractivity contribution >= 4 is 17.5 Å². The zero-order chi connectivity index (χ0) is 16.2. The minimum Gasteiger partial charge on any atom is -0.451 e. The highest BCUT2D eigenvalue weighted by Crippen LogP contribution is 2.29. The van der Waals surface area contributed by atoms with Crippen molar-refractivity contribution in [2.75, 3.05) is 0 Å². The highest BCUT2D eigenvalue weighted by atomic mass is 35.5. The van der Waals surface area contributed by atoms with Crippen LogP contribution in [0.25, 0.3) is 11.3 Å². The van der Waals surface area contributed by atoms with Crippen LogP contribution in [0.5, 0.6) is 0 Å². The van der Waals surface area contributed by atoms with Crippen molar-refractivity contribution in [3.05, 3.63) is 83.1 Å². The number of rotatable bonds is 4. The molecule has 1 amide bonds. The highest BCUT2D eigenvalue weighted by Gasteiger charge is 2.16. The number of hydrogen-bond donors (Lipinski definition) is 1. The van der Waals surface area contributed by atoms with Crippen LogP contribution in [-0.4, -0.2) is 5.91 Å². The van der Waals surface area contributed by atoms with Crippen LogP contribution in [0.2, 0.25) is 5.02 Å². The summed E-state index contributed by atoms with van der Waals surface area (Å²) in [6, 6.07) is 20.5. The third-order valence-electron chi connectivity index (χ3n) is 3.62. The lowest BCUT2D eigenvalue weighted by Gasteiger charge is -2.13. The standard InChI is InChI=1S/C19H16ClNO2/c1-13(14-7-3-2-4-8-14)21-19(22)18-12-11-17(23-18)15-9-5-6-10-16(15)20/h2-13H,1H3,(H,21,22)/t13-/m1/s1. The Morgan fingerprint density at radius 3 is 2.43 bits per heavy atom. The van der Waals surface area contributed by atoms with E-state index in [2.05, 4.69) is 5.32 Å². The van der Waals surface area contributed by atoms with Gasteiger partial charge in [-0.25, -0.2) is 0 Å². The predicted octanol–water partition coefficient (Wildman–Crippen LogP) is 5.09. The molecule has 23 heavy (non-hydrogen) atoms. The van der Waals surface area contributed by atoms with Gasteiger partial charge in [0.15, 0.2) is 5.76 Å². The number of furan rings is 1. The summed E-state index contributed by atoms with van der Waals surface area (Å²) >= 11 is 6.15. The molecule has 0 radical (unpaired) electrons. The molecule has 0 unspecified atom stereocenters. The number of carbonyl (C=O) groups excluding carboxylic acids is 1. The van der Waals surface area contributed by atoms with Crippen LogP contribution in [0.4, 0.5) is 0 Å². The summed E-state index contributed by atoms with van der Waals surface area (Å²) in [6.07, 6.45) is 0. The van der Waals surface area contributed by atoms with Crippen molar-refractivity contribution in [2.24, 2.45) is 0 Å². The van der Waals surface area contributed by atoms with Crippen LogP contribution in [0.15, 0.2) is 71.1 Å². The number of carbonyl (C=O) groups is 1. The third-order valence-corrected chi connectivity index (χ3v) is 3.95. The van der Waals surface area contributed by atoms with Gasteiger partial charge in [0.05, 0.1) is 11.1 Å². The Morgan fingerprint density at radius 1 is 1.00 bits per heavy atom. The Labute approximate surface area is 139 Å². The molecule has 2 aromatic carbocycles. The molecule has 0 bridgehead atoms. The monoisotopic (exact) mass is 325 g/mol. The van der Waals surface area contributed by atoms with Crippen LogP contribution < -0.4 is 5.32 Å². The van der Waals surface area contributed by atoms with Crippen molar-refractivity contribution in [1.29, 1.82) is 0 Å². The van der Waals surface area contributed by atoms with Gasteiger partial charge in [-0.05, 0) is 36.8 Å². The minimum absolute atomic E-state index is 0.0995. The summed E-state index contributed by atoms with van der Waals surface area (Å²) < 4.78 is 5.65. The fourth-order valence-corrected chi connectivity index (χ4v) is 2.59. The van der Waals surface area contributed by atoms with E-state index < -0.39 is 0 Å². The molecule has 3 aromatic rings. The van der Waals surface area contributed by atoms with Crippen molar-refractivity contribution in [3.8, 4) is 11.3 Å². The number of amides is 1. The topological polar surface area (TPSA) is 42.2 Å². The third kappa shape index (κ3) is 3.46. The van der Waals surface area contributed by atoms with Gasteiger partial charge >= 0.3 is 0 Å². The lowest BCUT2D eigenvalue weighted by molar-refractivity contribution is 0.0912. The second-order valence-electron chi connectivity index (χ2n) is 5.25. The van der Waals surface area contributed by atoms with Crippen molar-refractivity contribution < 1.29 is 9.21 Å². The molecule has 1 atom stereocenters. The SMILES string of the molecule is C[C@@H](NC(=O)c1ccc(-c2ccccc2Cl)o1)c1ccccc1. The second kappa shape index (κ2) is 6.71. The van der Waals surface area contributed by atoms with Crippen molar-refractivity contribution in [3.63, 3.8) is 0 Å². The van der Waals surface area contributed by atoms with Crippen molar-refractivity contribution in [2.45, 2.75) is 13.0 Å². The van der Waals surface area contributed by atoms with Crippen LogP contribution in [0, 0.1) is 0 Å². The summed E-state index contributed by atoms with van der Waals surface area (Å²) in [5.41, 5.74) is 1.81. The Morgan fingerprint density at radius 2 is 1.70 bits per heavy atom. The molecular weight excluding hydrogens is 310 g/mol. The molecule has 0 saturated carbocycles. The smallest absolute Gasteiger partial charge is 0.287 e. The van der Waals surface area contributed by atoms with E-state index in [1.165, 1.54) is 0 Å². The Hall–Kier alpha value is -2.52. The maximum Gasteiger partial charge on any atom is 0.287 e. The molecule has 0 fully saturated rings. The molecule has 3 rings (SSSR count). The van der Waals surface area contributed by atoms with E-state index in [-0.39, 0.29) is 17.7 Å². The van der Waals surface area contributed by atoms with E-state index in [9.17, 15) is 4.79 Å². The van der Waals surface area contributed by atoms with E-state index in [0.29, 0.717) is 10.8 Å². The summed E-state index contributed by atoms with van der Waals surface area (Å²) in [5.74, 6) is 0.593. The molecule has 0 saturated heterocycles. The van der Waals surface area contributed by atoms with E-state index >= 15 is 0 Å². The maximum atomic E-state index is 12.3. The fourth-order valence-electron chi connectivity index (χ4n) is 2.36. The Kier molecular flexibility index (Phi) is 4.49. The minimum atomic E-state index is -0.250. The summed E-state index contributed by atoms with van der Waals surface area (Å²) in [6.45, 7) is 1.94. The van der Waals surface area contributed by atoms with Gasteiger partial charge < -0.3 is 9.73 Å². The summed E-state index contributed by atoms with van der Waals surface area (Å²) in [5, 5.41) is 3.52. The van der Waals surface area contributed by atoms with E-state index in [4.69, 9.17) is 16.0 Å². The van der Waals surface area contributed by atoms with Gasteiger partial charge in [-0.1, -0.05) is 54.1 Å². The van der Waals surface area contributed by atoms with E-state index in [1.54, 1.807) is 18.2 Å². The largest absolute Gasteiger partial charge is 0.451 e. The Bertz CT molecular complexity index is 811. The van der Waals surface area contributed by atoms with Gasteiger partial charge in [0, 0.05) is 5.56 Å². The highest BCUT2D eigenvalue weighted by molar-refractivity contribution is 6.33. The van der Waals surface area contributed by atoms with Gasteiger partial charge in [0.2, 0.25) is 0 Å². The first-order valence-corrected chi connectivity index (χ1v) is 7.73. The van der Waals surface area contributed by atoms with Gasteiger partial charge in [-0.3, -0.25) is 4.79 Å². The number of hydrogen-bond acceptors (Lipinski definition) is 2. The van der Waals surface area contributed by atoms with Crippen LogP contribution >= 0.6 is 11.6 Å². The second-order valence-corrected chi connectivity index (χ2v) is 5.66. The maximum absolute atomic E-state index is 12.3. The van der Waals surface area contributed by atoms with E-state index in [1.807, 2.05) is 55.5 Å². The quantitative estimate of drug-likeness (QED) is 0.726. The molecule has 0 aliphatic heterocycles. The van der Waals surface area contributed by atoms with Gasteiger partial charge in [-0.15, -0.1) is 0 Å². The average molecular weight is 326 g/mol. The first-order valence-electron chi connectivity index (χ1n) is 7.35.